The highest BCUT2D eigenvalue weighted by atomic mass is 16.5. The summed E-state index contributed by atoms with van der Waals surface area (Å²) in [6.45, 7) is 1.92. The second-order valence-electron chi connectivity index (χ2n) is 3.43. The van der Waals surface area contributed by atoms with Crippen LogP contribution < -0.4 is 4.98 Å². The first-order valence-corrected chi connectivity index (χ1v) is 4.59. The van der Waals surface area contributed by atoms with E-state index in [4.69, 9.17) is 4.74 Å². The monoisotopic (exact) mass is 190 g/mol. The minimum Gasteiger partial charge on any atom is -0.454 e. The molecule has 1 aromatic rings. The molecular formula is C11H12NO2+. The fraction of sp³-hybridized carbons (Fsp3) is 0.273. The Morgan fingerprint density at radius 1 is 1.43 bits per heavy atom. The molecule has 0 saturated carbocycles. The molecule has 14 heavy (non-hydrogen) atoms. The normalized spacial score (nSPS) is 20.5. The number of hydrogen-bond donors (Lipinski definition) is 0. The Kier molecular flexibility index (Phi) is 2.31. The Morgan fingerprint density at radius 2 is 2.14 bits per heavy atom. The summed E-state index contributed by atoms with van der Waals surface area (Å²) in [7, 11) is 0. The average Bonchev–Trinajstić information content (AvgIpc) is 2.47. The molecule has 1 N–H and O–H groups in total. The van der Waals surface area contributed by atoms with Crippen LogP contribution in [0.3, 0.4) is 0 Å². The SMILES string of the molecule is CC1=CC(=O)OC1Cc1cc[nH+]cc1. The fourth-order valence-corrected chi connectivity index (χ4v) is 1.52. The van der Waals surface area contributed by atoms with Crippen LogP contribution in [0.15, 0.2) is 36.2 Å². The number of aromatic amines is 1. The Hall–Kier alpha value is -1.64. The summed E-state index contributed by atoms with van der Waals surface area (Å²) in [4.78, 5) is 13.9. The molecule has 3 nitrogen and oxygen atoms in total. The van der Waals surface area contributed by atoms with Crippen LogP contribution in [0, 0.1) is 0 Å². The summed E-state index contributed by atoms with van der Waals surface area (Å²) in [6.07, 6.45) is 5.96. The summed E-state index contributed by atoms with van der Waals surface area (Å²) < 4.78 is 5.14. The van der Waals surface area contributed by atoms with Gasteiger partial charge in [0.25, 0.3) is 0 Å². The molecule has 0 amide bonds. The Morgan fingerprint density at radius 3 is 2.71 bits per heavy atom. The van der Waals surface area contributed by atoms with Crippen LogP contribution in [0.25, 0.3) is 0 Å². The lowest BCUT2D eigenvalue weighted by Crippen LogP contribution is -2.14. The number of ether oxygens (including phenoxy) is 1. The standard InChI is InChI=1S/C11H11NO2/c1-8-6-11(13)14-10(8)7-9-2-4-12-5-3-9/h2-6,10H,7H2,1H3/p+1. The van der Waals surface area contributed by atoms with Gasteiger partial charge in [-0.25, -0.2) is 9.78 Å². The second-order valence-corrected chi connectivity index (χ2v) is 3.43. The Bertz CT molecular complexity index is 370. The predicted molar refractivity (Wildman–Crippen MR) is 50.3 cm³/mol. The molecule has 1 unspecified atom stereocenters. The van der Waals surface area contributed by atoms with Crippen molar-refractivity contribution in [3.05, 3.63) is 41.7 Å². The van der Waals surface area contributed by atoms with Crippen molar-refractivity contribution in [2.24, 2.45) is 0 Å². The molecule has 1 atom stereocenters. The van der Waals surface area contributed by atoms with E-state index in [2.05, 4.69) is 4.98 Å². The summed E-state index contributed by atoms with van der Waals surface area (Å²) in [6, 6.07) is 3.97. The third kappa shape index (κ3) is 1.82. The van der Waals surface area contributed by atoms with E-state index in [9.17, 15) is 4.79 Å². The molecule has 0 saturated heterocycles. The fourth-order valence-electron chi connectivity index (χ4n) is 1.52. The zero-order valence-corrected chi connectivity index (χ0v) is 7.99. The lowest BCUT2D eigenvalue weighted by molar-refractivity contribution is -0.378. The van der Waals surface area contributed by atoms with Crippen molar-refractivity contribution < 1.29 is 14.5 Å². The molecule has 0 spiro atoms. The van der Waals surface area contributed by atoms with E-state index in [1.54, 1.807) is 6.08 Å². The lowest BCUT2D eigenvalue weighted by Gasteiger charge is -2.10. The van der Waals surface area contributed by atoms with Gasteiger partial charge in [0.1, 0.15) is 6.10 Å². The molecule has 0 radical (unpaired) electrons. The van der Waals surface area contributed by atoms with Gasteiger partial charge >= 0.3 is 5.97 Å². The summed E-state index contributed by atoms with van der Waals surface area (Å²) in [5.41, 5.74) is 2.17. The van der Waals surface area contributed by atoms with Crippen LogP contribution >= 0.6 is 0 Å². The van der Waals surface area contributed by atoms with Crippen LogP contribution in [0.2, 0.25) is 0 Å². The van der Waals surface area contributed by atoms with Crippen molar-refractivity contribution in [3.8, 4) is 0 Å². The summed E-state index contributed by atoms with van der Waals surface area (Å²) >= 11 is 0. The van der Waals surface area contributed by atoms with Crippen molar-refractivity contribution in [2.75, 3.05) is 0 Å². The van der Waals surface area contributed by atoms with Gasteiger partial charge in [-0.1, -0.05) is 0 Å². The number of nitrogens with one attached hydrogen (secondary N) is 1. The van der Waals surface area contributed by atoms with Crippen molar-refractivity contribution in [1.82, 2.24) is 0 Å². The molecule has 0 aromatic carbocycles. The van der Waals surface area contributed by atoms with Gasteiger partial charge in [0.2, 0.25) is 0 Å². The van der Waals surface area contributed by atoms with Crippen LogP contribution in [0.1, 0.15) is 12.5 Å². The zero-order chi connectivity index (χ0) is 9.97. The minimum atomic E-state index is -0.227. The van der Waals surface area contributed by atoms with E-state index in [1.807, 2.05) is 31.5 Å². The number of carbonyl (C=O) groups is 1. The molecule has 1 aliphatic rings. The Balaban J connectivity index is 2.07. The van der Waals surface area contributed by atoms with Crippen LogP contribution in [0.4, 0.5) is 0 Å². The van der Waals surface area contributed by atoms with E-state index in [0.717, 1.165) is 17.6 Å². The van der Waals surface area contributed by atoms with Gasteiger partial charge in [-0.3, -0.25) is 0 Å². The molecule has 0 bridgehead atoms. The highest BCUT2D eigenvalue weighted by Crippen LogP contribution is 2.18. The van der Waals surface area contributed by atoms with Crippen molar-refractivity contribution >= 4 is 5.97 Å². The van der Waals surface area contributed by atoms with Gasteiger partial charge < -0.3 is 4.74 Å². The molecule has 1 aliphatic heterocycles. The third-order valence-corrected chi connectivity index (χ3v) is 2.32. The van der Waals surface area contributed by atoms with E-state index in [1.165, 1.54) is 0 Å². The topological polar surface area (TPSA) is 40.4 Å². The number of hydrogen-bond acceptors (Lipinski definition) is 2. The van der Waals surface area contributed by atoms with Crippen molar-refractivity contribution in [3.63, 3.8) is 0 Å². The maximum absolute atomic E-state index is 10.9. The number of esters is 1. The van der Waals surface area contributed by atoms with Gasteiger partial charge in [-0.15, -0.1) is 0 Å². The largest absolute Gasteiger partial charge is 0.454 e. The van der Waals surface area contributed by atoms with Gasteiger partial charge in [0.15, 0.2) is 12.4 Å². The average molecular weight is 190 g/mol. The van der Waals surface area contributed by atoms with Crippen molar-refractivity contribution in [2.45, 2.75) is 19.4 Å². The number of cyclic esters (lactones) is 1. The van der Waals surface area contributed by atoms with E-state index in [-0.39, 0.29) is 12.1 Å². The number of H-pyrrole nitrogens is 1. The molecule has 72 valence electrons. The molecule has 0 fully saturated rings. The maximum atomic E-state index is 10.9. The van der Waals surface area contributed by atoms with Gasteiger partial charge in [0.05, 0.1) is 0 Å². The first-order chi connectivity index (χ1) is 6.75. The zero-order valence-electron chi connectivity index (χ0n) is 7.99. The highest BCUT2D eigenvalue weighted by molar-refractivity contribution is 5.85. The first-order valence-electron chi connectivity index (χ1n) is 4.59. The summed E-state index contributed by atoms with van der Waals surface area (Å²) in [5, 5.41) is 0. The quantitative estimate of drug-likeness (QED) is 0.650. The number of aromatic nitrogens is 1. The minimum absolute atomic E-state index is 0.0788. The molecule has 2 heterocycles. The summed E-state index contributed by atoms with van der Waals surface area (Å²) in [5.74, 6) is -0.227. The first kappa shape index (κ1) is 8.94. The van der Waals surface area contributed by atoms with Gasteiger partial charge in [-0.2, -0.15) is 0 Å². The van der Waals surface area contributed by atoms with E-state index < -0.39 is 0 Å². The number of carbonyl (C=O) groups excluding carboxylic acids is 1. The maximum Gasteiger partial charge on any atom is 0.331 e. The highest BCUT2D eigenvalue weighted by Gasteiger charge is 2.22. The molecule has 0 aliphatic carbocycles. The van der Waals surface area contributed by atoms with Gasteiger partial charge in [-0.05, 0) is 18.1 Å². The Labute approximate surface area is 82.4 Å². The third-order valence-electron chi connectivity index (χ3n) is 2.32. The number of rotatable bonds is 2. The van der Waals surface area contributed by atoms with Crippen molar-refractivity contribution in [1.29, 1.82) is 0 Å². The van der Waals surface area contributed by atoms with E-state index in [0.29, 0.717) is 0 Å². The van der Waals surface area contributed by atoms with Crippen LogP contribution in [-0.2, 0) is 16.0 Å². The lowest BCUT2D eigenvalue weighted by atomic mass is 10.0. The van der Waals surface area contributed by atoms with Gasteiger partial charge in [0, 0.05) is 24.6 Å². The predicted octanol–water partition coefficient (Wildman–Crippen LogP) is 0.915. The second kappa shape index (κ2) is 3.62. The number of pyridine rings is 1. The molecule has 3 heteroatoms. The smallest absolute Gasteiger partial charge is 0.331 e. The molecule has 1 aromatic heterocycles. The van der Waals surface area contributed by atoms with Crippen LogP contribution in [0.5, 0.6) is 0 Å². The van der Waals surface area contributed by atoms with Crippen LogP contribution in [-0.4, -0.2) is 12.1 Å². The molecule has 2 rings (SSSR count). The van der Waals surface area contributed by atoms with E-state index >= 15 is 0 Å². The molecular weight excluding hydrogens is 178 g/mol.